The van der Waals surface area contributed by atoms with E-state index in [0.717, 1.165) is 53.4 Å². The molecule has 0 bridgehead atoms. The summed E-state index contributed by atoms with van der Waals surface area (Å²) in [5.74, 6) is -0.175. The first kappa shape index (κ1) is 23.1. The molecule has 4 nitrogen and oxygen atoms in total. The van der Waals surface area contributed by atoms with Gasteiger partial charge in [0.1, 0.15) is 0 Å². The lowest BCUT2D eigenvalue weighted by Gasteiger charge is -2.16. The van der Waals surface area contributed by atoms with Gasteiger partial charge >= 0.3 is 0 Å². The molecule has 1 saturated heterocycles. The van der Waals surface area contributed by atoms with E-state index in [4.69, 9.17) is 0 Å². The molecule has 0 aliphatic carbocycles. The molecule has 5 rings (SSSR count). The maximum absolute atomic E-state index is 13.2. The van der Waals surface area contributed by atoms with Crippen LogP contribution < -0.4 is 0 Å². The molecule has 2 aliphatic rings. The van der Waals surface area contributed by atoms with Gasteiger partial charge in [0.15, 0.2) is 11.0 Å². The van der Waals surface area contributed by atoms with E-state index in [1.165, 1.54) is 11.8 Å². The Morgan fingerprint density at radius 1 is 0.800 bits per heavy atom. The maximum atomic E-state index is 13.2. The largest absolute Gasteiger partial charge is 0.351 e. The Hall–Kier alpha value is -3.70. The fourth-order valence-electron chi connectivity index (χ4n) is 4.37. The Balaban J connectivity index is 1.59. The van der Waals surface area contributed by atoms with Crippen LogP contribution in [0.4, 0.5) is 0 Å². The highest BCUT2D eigenvalue weighted by molar-refractivity contribution is 8.18. The van der Waals surface area contributed by atoms with Gasteiger partial charge in [-0.2, -0.15) is 4.99 Å². The quantitative estimate of drug-likeness (QED) is 0.301. The number of carbonyl (C=O) groups excluding carboxylic acids is 2. The van der Waals surface area contributed by atoms with Crippen molar-refractivity contribution in [3.05, 3.63) is 119 Å². The van der Waals surface area contributed by atoms with Crippen LogP contribution in [-0.2, 0) is 4.79 Å². The van der Waals surface area contributed by atoms with Gasteiger partial charge in [-0.3, -0.25) is 9.59 Å². The molecule has 2 aliphatic heterocycles. The van der Waals surface area contributed by atoms with Crippen LogP contribution in [0.2, 0.25) is 0 Å². The molecule has 2 heterocycles. The summed E-state index contributed by atoms with van der Waals surface area (Å²) in [7, 11) is 0. The third-order valence-electron chi connectivity index (χ3n) is 6.20. The zero-order valence-electron chi connectivity index (χ0n) is 19.4. The predicted molar refractivity (Wildman–Crippen MR) is 144 cm³/mol. The minimum atomic E-state index is -0.214. The van der Waals surface area contributed by atoms with Crippen molar-refractivity contribution >= 4 is 39.8 Å². The fraction of sp³-hybridized carbons (Fsp3) is 0.167. The van der Waals surface area contributed by atoms with Gasteiger partial charge < -0.3 is 4.90 Å². The van der Waals surface area contributed by atoms with E-state index in [1.807, 2.05) is 97.1 Å². The van der Waals surface area contributed by atoms with E-state index in [9.17, 15) is 9.59 Å². The van der Waals surface area contributed by atoms with E-state index < -0.39 is 0 Å². The smallest absolute Gasteiger partial charge is 0.286 e. The summed E-state index contributed by atoms with van der Waals surface area (Å²) in [6, 6.07) is 29.1. The summed E-state index contributed by atoms with van der Waals surface area (Å²) in [4.78, 5) is 33.5. The van der Waals surface area contributed by atoms with Crippen molar-refractivity contribution in [3.63, 3.8) is 0 Å². The Morgan fingerprint density at radius 2 is 1.34 bits per heavy atom. The number of hydrogen-bond donors (Lipinski definition) is 0. The second-order valence-electron chi connectivity index (χ2n) is 8.61. The Morgan fingerprint density at radius 3 is 1.94 bits per heavy atom. The first-order valence-corrected chi connectivity index (χ1v) is 12.7. The maximum Gasteiger partial charge on any atom is 0.286 e. The Labute approximate surface area is 210 Å². The number of thioether (sulfide) groups is 1. The molecule has 0 radical (unpaired) electrons. The third-order valence-corrected chi connectivity index (χ3v) is 7.33. The second-order valence-corrected chi connectivity index (χ2v) is 9.58. The van der Waals surface area contributed by atoms with Crippen molar-refractivity contribution in [1.29, 1.82) is 0 Å². The monoisotopic (exact) mass is 478 g/mol. The predicted octanol–water partition coefficient (Wildman–Crippen LogP) is 6.48. The normalized spacial score (nSPS) is 17.5. The lowest BCUT2D eigenvalue weighted by molar-refractivity contribution is -0.113. The summed E-state index contributed by atoms with van der Waals surface area (Å²) in [6.07, 6.45) is 4.49. The molecule has 0 N–H and O–H groups in total. The number of hydrogen-bond acceptors (Lipinski definition) is 4. The molecular formula is C30H26N2O2S. The summed E-state index contributed by atoms with van der Waals surface area (Å²) < 4.78 is 0. The second kappa shape index (κ2) is 10.7. The standard InChI is InChI=1S/C30H26N2O2S/c33-27(24-16-8-3-9-17-24)21-25(22-12-4-1-5-13-22)20-26(23-14-6-2-7-15-23)28-29(34)31-30(35-28)32-18-10-11-19-32/h1-9,12-17,20H,10-11,18-19,21H2/b25-20+,28-26-. The lowest BCUT2D eigenvalue weighted by Crippen LogP contribution is -2.23. The van der Waals surface area contributed by atoms with E-state index >= 15 is 0 Å². The molecule has 5 heteroatoms. The number of amides is 1. The van der Waals surface area contributed by atoms with Crippen LogP contribution in [0.3, 0.4) is 0 Å². The van der Waals surface area contributed by atoms with Crippen molar-refractivity contribution in [2.75, 3.05) is 13.1 Å². The summed E-state index contributed by atoms with van der Waals surface area (Å²) in [5.41, 5.74) is 4.24. The highest BCUT2D eigenvalue weighted by atomic mass is 32.2. The lowest BCUT2D eigenvalue weighted by atomic mass is 9.93. The summed E-state index contributed by atoms with van der Waals surface area (Å²) in [5, 5.41) is 0.783. The molecule has 3 aromatic carbocycles. The van der Waals surface area contributed by atoms with Gasteiger partial charge in [-0.05, 0) is 47.4 Å². The molecule has 35 heavy (non-hydrogen) atoms. The van der Waals surface area contributed by atoms with E-state index in [1.54, 1.807) is 0 Å². The van der Waals surface area contributed by atoms with Crippen molar-refractivity contribution in [2.45, 2.75) is 19.3 Å². The first-order chi connectivity index (χ1) is 17.2. The average Bonchev–Trinajstić information content (AvgIpc) is 3.58. The van der Waals surface area contributed by atoms with Crippen LogP contribution >= 0.6 is 11.8 Å². The highest BCUT2D eigenvalue weighted by Crippen LogP contribution is 2.38. The molecule has 0 spiro atoms. The number of carbonyl (C=O) groups is 2. The Bertz CT molecular complexity index is 1310. The molecule has 1 fully saturated rings. The summed E-state index contributed by atoms with van der Waals surface area (Å²) in [6.45, 7) is 1.87. The minimum absolute atomic E-state index is 0.0394. The van der Waals surface area contributed by atoms with Crippen LogP contribution in [0.15, 0.2) is 107 Å². The van der Waals surface area contributed by atoms with Gasteiger partial charge in [0.2, 0.25) is 0 Å². The van der Waals surface area contributed by atoms with E-state index in [2.05, 4.69) is 9.89 Å². The van der Waals surface area contributed by atoms with Crippen LogP contribution in [0.1, 0.15) is 40.7 Å². The van der Waals surface area contributed by atoms with Gasteiger partial charge in [-0.25, -0.2) is 0 Å². The fourth-order valence-corrected chi connectivity index (χ4v) is 5.41. The molecular weight excluding hydrogens is 452 g/mol. The average molecular weight is 479 g/mol. The number of ketones is 1. The third kappa shape index (κ3) is 5.36. The molecule has 0 atom stereocenters. The first-order valence-electron chi connectivity index (χ1n) is 11.9. The van der Waals surface area contributed by atoms with Gasteiger partial charge in [-0.1, -0.05) is 91.0 Å². The molecule has 3 aromatic rings. The van der Waals surface area contributed by atoms with E-state index in [0.29, 0.717) is 10.5 Å². The minimum Gasteiger partial charge on any atom is -0.351 e. The van der Waals surface area contributed by atoms with Crippen LogP contribution in [0.5, 0.6) is 0 Å². The van der Waals surface area contributed by atoms with Gasteiger partial charge in [0, 0.05) is 30.6 Å². The van der Waals surface area contributed by atoms with Crippen molar-refractivity contribution < 1.29 is 9.59 Å². The Kier molecular flexibility index (Phi) is 7.05. The zero-order valence-corrected chi connectivity index (χ0v) is 20.2. The number of likely N-dealkylation sites (tertiary alicyclic amines) is 1. The van der Waals surface area contributed by atoms with Crippen LogP contribution in [0.25, 0.3) is 11.1 Å². The van der Waals surface area contributed by atoms with E-state index in [-0.39, 0.29) is 18.1 Å². The van der Waals surface area contributed by atoms with Crippen molar-refractivity contribution in [1.82, 2.24) is 4.90 Å². The highest BCUT2D eigenvalue weighted by Gasteiger charge is 2.30. The topological polar surface area (TPSA) is 49.7 Å². The number of allylic oxidation sites excluding steroid dienone is 3. The number of amidine groups is 1. The molecule has 0 aromatic heterocycles. The number of nitrogens with zero attached hydrogens (tertiary/aromatic N) is 2. The van der Waals surface area contributed by atoms with Crippen molar-refractivity contribution in [2.24, 2.45) is 4.99 Å². The number of benzene rings is 3. The summed E-state index contributed by atoms with van der Waals surface area (Å²) >= 11 is 1.45. The molecule has 174 valence electrons. The van der Waals surface area contributed by atoms with Crippen LogP contribution in [0, 0.1) is 0 Å². The molecule has 0 saturated carbocycles. The zero-order chi connectivity index (χ0) is 24.0. The molecule has 1 amide bonds. The van der Waals surface area contributed by atoms with Crippen LogP contribution in [-0.4, -0.2) is 34.8 Å². The van der Waals surface area contributed by atoms with Crippen molar-refractivity contribution in [3.8, 4) is 0 Å². The number of aliphatic imine (C=N–C) groups is 1. The van der Waals surface area contributed by atoms with Gasteiger partial charge in [-0.15, -0.1) is 0 Å². The number of Topliss-reactive ketones (excluding diaryl/α,β-unsaturated/α-hetero) is 1. The SMILES string of the molecule is O=C1N=C(N2CCCC2)S/C1=C(/C=C(\CC(=O)c1ccccc1)c1ccccc1)c1ccccc1. The number of rotatable bonds is 6. The molecule has 0 unspecified atom stereocenters. The van der Waals surface area contributed by atoms with Gasteiger partial charge in [0.05, 0.1) is 4.91 Å². The van der Waals surface area contributed by atoms with Gasteiger partial charge in [0.25, 0.3) is 5.91 Å².